The molecule has 104 valence electrons. The van der Waals surface area contributed by atoms with Crippen molar-refractivity contribution in [1.82, 2.24) is 0 Å². The number of nitrogens with one attached hydrogen (secondary N) is 1. The van der Waals surface area contributed by atoms with Gasteiger partial charge in [0.1, 0.15) is 0 Å². The average molecular weight is 332 g/mol. The van der Waals surface area contributed by atoms with Crippen LogP contribution in [0.15, 0.2) is 65.1 Å². The molecule has 0 bridgehead atoms. The Balaban J connectivity index is 1.61. The summed E-state index contributed by atoms with van der Waals surface area (Å²) in [5.41, 5.74) is 2.29. The van der Waals surface area contributed by atoms with Crippen molar-refractivity contribution in [1.29, 1.82) is 0 Å². The molecular formula is C17H18BrNO. The van der Waals surface area contributed by atoms with Crippen molar-refractivity contribution in [3.05, 3.63) is 70.7 Å². The molecule has 0 saturated heterocycles. The van der Waals surface area contributed by atoms with Gasteiger partial charge in [0.2, 0.25) is 0 Å². The van der Waals surface area contributed by atoms with Crippen LogP contribution in [-0.4, -0.2) is 19.8 Å². The fraction of sp³-hybridized carbons (Fsp3) is 0.176. The van der Waals surface area contributed by atoms with Crippen LogP contribution in [0.4, 0.5) is 5.69 Å². The molecule has 0 fully saturated rings. The molecular weight excluding hydrogens is 314 g/mol. The summed E-state index contributed by atoms with van der Waals surface area (Å²) < 4.78 is 6.63. The van der Waals surface area contributed by atoms with Crippen molar-refractivity contribution >= 4 is 27.7 Å². The lowest BCUT2D eigenvalue weighted by atomic mass is 10.2. The highest BCUT2D eigenvalue weighted by atomic mass is 79.9. The van der Waals surface area contributed by atoms with Gasteiger partial charge in [0.05, 0.1) is 13.2 Å². The van der Waals surface area contributed by atoms with Gasteiger partial charge in [0, 0.05) is 16.7 Å². The minimum Gasteiger partial charge on any atom is -0.382 e. The van der Waals surface area contributed by atoms with Crippen molar-refractivity contribution in [2.24, 2.45) is 0 Å². The highest BCUT2D eigenvalue weighted by molar-refractivity contribution is 9.10. The Bertz CT molecular complexity index is 540. The number of para-hydroxylation sites is 1. The van der Waals surface area contributed by atoms with Gasteiger partial charge < -0.3 is 10.1 Å². The number of anilines is 1. The highest BCUT2D eigenvalue weighted by Crippen LogP contribution is 2.20. The molecule has 2 nitrogen and oxygen atoms in total. The Kier molecular flexibility index (Phi) is 6.35. The maximum absolute atomic E-state index is 5.55. The van der Waals surface area contributed by atoms with Crippen molar-refractivity contribution in [3.63, 3.8) is 0 Å². The van der Waals surface area contributed by atoms with Gasteiger partial charge in [-0.1, -0.05) is 54.6 Å². The topological polar surface area (TPSA) is 21.3 Å². The smallest absolute Gasteiger partial charge is 0.0651 e. The molecule has 20 heavy (non-hydrogen) atoms. The summed E-state index contributed by atoms with van der Waals surface area (Å²) >= 11 is 3.50. The van der Waals surface area contributed by atoms with Crippen LogP contribution in [0.25, 0.3) is 6.08 Å². The van der Waals surface area contributed by atoms with E-state index in [-0.39, 0.29) is 0 Å². The molecule has 0 spiro atoms. The van der Waals surface area contributed by atoms with Crippen LogP contribution in [0.3, 0.4) is 0 Å². The van der Waals surface area contributed by atoms with Crippen LogP contribution >= 0.6 is 15.9 Å². The summed E-state index contributed by atoms with van der Waals surface area (Å²) in [7, 11) is 0. The van der Waals surface area contributed by atoms with Crippen molar-refractivity contribution in [3.8, 4) is 0 Å². The van der Waals surface area contributed by atoms with Gasteiger partial charge in [0.15, 0.2) is 0 Å². The molecule has 0 atom stereocenters. The second-order valence-corrected chi connectivity index (χ2v) is 5.15. The zero-order chi connectivity index (χ0) is 14.0. The predicted molar refractivity (Wildman–Crippen MR) is 88.9 cm³/mol. The van der Waals surface area contributed by atoms with Gasteiger partial charge >= 0.3 is 0 Å². The molecule has 0 heterocycles. The molecule has 0 aliphatic carbocycles. The van der Waals surface area contributed by atoms with Crippen LogP contribution in [0.1, 0.15) is 5.56 Å². The van der Waals surface area contributed by atoms with Gasteiger partial charge in [-0.25, -0.2) is 0 Å². The fourth-order valence-electron chi connectivity index (χ4n) is 1.76. The van der Waals surface area contributed by atoms with Crippen molar-refractivity contribution < 1.29 is 4.74 Å². The molecule has 2 rings (SSSR count). The van der Waals surface area contributed by atoms with Gasteiger partial charge in [-0.15, -0.1) is 0 Å². The Morgan fingerprint density at radius 1 is 1.00 bits per heavy atom. The molecule has 2 aromatic rings. The second-order valence-electron chi connectivity index (χ2n) is 4.29. The van der Waals surface area contributed by atoms with E-state index in [1.807, 2.05) is 48.5 Å². The standard InChI is InChI=1S/C17H18BrNO/c18-16-10-4-5-11-17(16)19-12-14-20-13-6-9-15-7-2-1-3-8-15/h1-11,19H,12-14H2. The first kappa shape index (κ1) is 14.8. The quantitative estimate of drug-likeness (QED) is 0.749. The Morgan fingerprint density at radius 3 is 2.55 bits per heavy atom. The largest absolute Gasteiger partial charge is 0.382 e. The lowest BCUT2D eigenvalue weighted by molar-refractivity contribution is 0.174. The monoisotopic (exact) mass is 331 g/mol. The molecule has 1 N–H and O–H groups in total. The highest BCUT2D eigenvalue weighted by Gasteiger charge is 1.95. The average Bonchev–Trinajstić information content (AvgIpc) is 2.49. The zero-order valence-electron chi connectivity index (χ0n) is 11.3. The fourth-order valence-corrected chi connectivity index (χ4v) is 2.19. The van der Waals surface area contributed by atoms with Gasteiger partial charge in [-0.2, -0.15) is 0 Å². The lowest BCUT2D eigenvalue weighted by Crippen LogP contribution is -2.09. The Hall–Kier alpha value is -1.58. The zero-order valence-corrected chi connectivity index (χ0v) is 12.8. The molecule has 2 aromatic carbocycles. The normalized spacial score (nSPS) is 10.8. The van der Waals surface area contributed by atoms with Gasteiger partial charge in [0.25, 0.3) is 0 Å². The second kappa shape index (κ2) is 8.56. The third kappa shape index (κ3) is 5.19. The van der Waals surface area contributed by atoms with Crippen LogP contribution in [0.2, 0.25) is 0 Å². The van der Waals surface area contributed by atoms with E-state index >= 15 is 0 Å². The van der Waals surface area contributed by atoms with E-state index in [9.17, 15) is 0 Å². The van der Waals surface area contributed by atoms with E-state index in [4.69, 9.17) is 4.74 Å². The first-order chi connectivity index (χ1) is 9.86. The van der Waals surface area contributed by atoms with E-state index in [0.717, 1.165) is 16.7 Å². The third-order valence-corrected chi connectivity index (χ3v) is 3.45. The Morgan fingerprint density at radius 2 is 1.75 bits per heavy atom. The molecule has 0 radical (unpaired) electrons. The Labute approximate surface area is 128 Å². The van der Waals surface area contributed by atoms with E-state index in [1.165, 1.54) is 5.56 Å². The molecule has 0 aliphatic rings. The number of benzene rings is 2. The molecule has 0 aromatic heterocycles. The minimum absolute atomic E-state index is 0.631. The number of ether oxygens (including phenoxy) is 1. The molecule has 3 heteroatoms. The summed E-state index contributed by atoms with van der Waals surface area (Å²) in [5.74, 6) is 0. The van der Waals surface area contributed by atoms with Crippen LogP contribution < -0.4 is 5.32 Å². The summed E-state index contributed by atoms with van der Waals surface area (Å²) in [5, 5.41) is 3.33. The number of rotatable bonds is 7. The lowest BCUT2D eigenvalue weighted by Gasteiger charge is -2.07. The predicted octanol–water partition coefficient (Wildman–Crippen LogP) is 4.59. The summed E-state index contributed by atoms with van der Waals surface area (Å²) in [4.78, 5) is 0. The van der Waals surface area contributed by atoms with E-state index < -0.39 is 0 Å². The molecule has 0 unspecified atom stereocenters. The van der Waals surface area contributed by atoms with Crippen molar-refractivity contribution in [2.75, 3.05) is 25.1 Å². The molecule has 0 aliphatic heterocycles. The first-order valence-electron chi connectivity index (χ1n) is 6.64. The number of hydrogen-bond acceptors (Lipinski definition) is 2. The van der Waals surface area contributed by atoms with Crippen molar-refractivity contribution in [2.45, 2.75) is 0 Å². The minimum atomic E-state index is 0.631. The maximum Gasteiger partial charge on any atom is 0.0651 e. The van der Waals surface area contributed by atoms with Crippen LogP contribution in [-0.2, 0) is 4.74 Å². The number of halogens is 1. The maximum atomic E-state index is 5.55. The van der Waals surface area contributed by atoms with Gasteiger partial charge in [-0.3, -0.25) is 0 Å². The van der Waals surface area contributed by atoms with E-state index in [2.05, 4.69) is 39.5 Å². The van der Waals surface area contributed by atoms with Crippen LogP contribution in [0.5, 0.6) is 0 Å². The third-order valence-electron chi connectivity index (χ3n) is 2.76. The number of hydrogen-bond donors (Lipinski definition) is 1. The van der Waals surface area contributed by atoms with E-state index in [0.29, 0.717) is 13.2 Å². The van der Waals surface area contributed by atoms with Gasteiger partial charge in [-0.05, 0) is 33.6 Å². The SMILES string of the molecule is Brc1ccccc1NCCOCC=Cc1ccccc1. The summed E-state index contributed by atoms with van der Waals surface area (Å²) in [6.07, 6.45) is 4.11. The summed E-state index contributed by atoms with van der Waals surface area (Å²) in [6.45, 7) is 2.11. The summed E-state index contributed by atoms with van der Waals surface area (Å²) in [6, 6.07) is 18.3. The first-order valence-corrected chi connectivity index (χ1v) is 7.43. The van der Waals surface area contributed by atoms with Crippen LogP contribution in [0, 0.1) is 0 Å². The molecule has 0 amide bonds. The molecule has 0 saturated carbocycles. The van der Waals surface area contributed by atoms with E-state index in [1.54, 1.807) is 0 Å².